The highest BCUT2D eigenvalue weighted by Gasteiger charge is 2.21. The first kappa shape index (κ1) is 23.3. The van der Waals surface area contributed by atoms with Crippen LogP contribution in [0.15, 0.2) is 36.8 Å². The summed E-state index contributed by atoms with van der Waals surface area (Å²) in [6.07, 6.45) is 6.01. The summed E-state index contributed by atoms with van der Waals surface area (Å²) in [5.41, 5.74) is 4.13. The van der Waals surface area contributed by atoms with Gasteiger partial charge in [-0.25, -0.2) is 14.4 Å². The number of halogens is 2. The first-order valence-corrected chi connectivity index (χ1v) is 13.5. The Balaban J connectivity index is 1.85. The Hall–Kier alpha value is -2.83. The van der Waals surface area contributed by atoms with Crippen LogP contribution in [-0.2, 0) is 11.6 Å². The molecule has 33 heavy (non-hydrogen) atoms. The van der Waals surface area contributed by atoms with Crippen molar-refractivity contribution >= 4 is 40.9 Å². The fourth-order valence-corrected chi connectivity index (χ4v) is 4.61. The van der Waals surface area contributed by atoms with Crippen molar-refractivity contribution in [3.8, 4) is 11.3 Å². The van der Waals surface area contributed by atoms with E-state index in [4.69, 9.17) is 11.6 Å². The molecule has 4 aromatic heterocycles. The lowest BCUT2D eigenvalue weighted by Gasteiger charge is -2.20. The Bertz CT molecular complexity index is 1380. The average Bonchev–Trinajstić information content (AvgIpc) is 3.19. The maximum Gasteiger partial charge on any atom is 0.151 e. The van der Waals surface area contributed by atoms with E-state index in [1.807, 2.05) is 13.2 Å². The van der Waals surface area contributed by atoms with Crippen LogP contribution in [-0.4, -0.2) is 38.1 Å². The molecular formula is C23H25ClFN6OP. The molecule has 10 heteroatoms. The van der Waals surface area contributed by atoms with Crippen molar-refractivity contribution in [2.75, 3.05) is 18.6 Å². The van der Waals surface area contributed by atoms with Crippen LogP contribution in [0.2, 0.25) is 5.02 Å². The van der Waals surface area contributed by atoms with Gasteiger partial charge in [0.15, 0.2) is 5.82 Å². The van der Waals surface area contributed by atoms with Crippen LogP contribution < -0.4 is 10.8 Å². The summed E-state index contributed by atoms with van der Waals surface area (Å²) in [7, 11) is -0.655. The van der Waals surface area contributed by atoms with Crippen LogP contribution in [0.5, 0.6) is 0 Å². The normalized spacial score (nSPS) is 12.8. The smallest absolute Gasteiger partial charge is 0.151 e. The number of aromatic nitrogens is 5. The number of nitrogens with zero attached hydrogens (tertiary/aromatic N) is 5. The van der Waals surface area contributed by atoms with E-state index in [0.717, 1.165) is 12.0 Å². The zero-order valence-electron chi connectivity index (χ0n) is 19.1. The molecule has 0 bridgehead atoms. The lowest BCUT2D eigenvalue weighted by molar-refractivity contribution is 0.588. The molecule has 172 valence electrons. The molecule has 0 spiro atoms. The van der Waals surface area contributed by atoms with Crippen LogP contribution in [0, 0.1) is 12.7 Å². The van der Waals surface area contributed by atoms with Gasteiger partial charge < -0.3 is 9.88 Å². The fourth-order valence-electron chi connectivity index (χ4n) is 3.66. The molecule has 0 fully saturated rings. The Morgan fingerprint density at radius 1 is 1.24 bits per heavy atom. The zero-order valence-corrected chi connectivity index (χ0v) is 20.7. The van der Waals surface area contributed by atoms with Crippen molar-refractivity contribution in [2.45, 2.75) is 26.3 Å². The van der Waals surface area contributed by atoms with Gasteiger partial charge >= 0.3 is 0 Å². The molecular weight excluding hydrogens is 462 g/mol. The SMILES string of the molecule is CCC(Nc1c(Cl)c(C)nc2cc(F)c(-c3ccc(P(C)(C)=O)nc3)nc12)c1cnn(C)c1. The second kappa shape index (κ2) is 8.84. The molecule has 1 N–H and O–H groups in total. The lowest BCUT2D eigenvalue weighted by Crippen LogP contribution is -2.11. The van der Waals surface area contributed by atoms with E-state index in [2.05, 4.69) is 32.3 Å². The van der Waals surface area contributed by atoms with E-state index in [1.54, 1.807) is 43.3 Å². The Morgan fingerprint density at radius 3 is 2.58 bits per heavy atom. The highest BCUT2D eigenvalue weighted by molar-refractivity contribution is 7.69. The molecule has 7 nitrogen and oxygen atoms in total. The van der Waals surface area contributed by atoms with Gasteiger partial charge in [0.05, 0.1) is 39.6 Å². The van der Waals surface area contributed by atoms with Crippen molar-refractivity contribution in [3.05, 3.63) is 58.9 Å². The summed E-state index contributed by atoms with van der Waals surface area (Å²) in [4.78, 5) is 13.3. The monoisotopic (exact) mass is 486 g/mol. The molecule has 0 aliphatic heterocycles. The van der Waals surface area contributed by atoms with Crippen LogP contribution in [0.1, 0.15) is 30.6 Å². The molecule has 0 aliphatic carbocycles. The van der Waals surface area contributed by atoms with E-state index in [-0.39, 0.29) is 11.7 Å². The first-order chi connectivity index (χ1) is 15.6. The molecule has 4 heterocycles. The van der Waals surface area contributed by atoms with Gasteiger partial charge in [0.2, 0.25) is 0 Å². The Labute approximate surface area is 196 Å². The standard InChI is InChI=1S/C23H25ClFN6OP/c1-6-17(15-11-27-31(3)12-15)29-23-20(24)13(2)28-18-9-16(25)21(30-22(18)23)14-7-8-19(26-10-14)33(4,5)32/h7-12,17H,6H2,1-5H3,(H,28,29). The van der Waals surface area contributed by atoms with E-state index in [1.165, 1.54) is 12.3 Å². The van der Waals surface area contributed by atoms with Crippen molar-refractivity contribution in [3.63, 3.8) is 0 Å². The molecule has 1 atom stereocenters. The third-order valence-electron chi connectivity index (χ3n) is 5.45. The quantitative estimate of drug-likeness (QED) is 0.370. The minimum absolute atomic E-state index is 0.0688. The molecule has 4 aromatic rings. The van der Waals surface area contributed by atoms with Gasteiger partial charge in [-0.05, 0) is 38.8 Å². The lowest BCUT2D eigenvalue weighted by atomic mass is 10.1. The number of hydrogen-bond donors (Lipinski definition) is 1. The van der Waals surface area contributed by atoms with Gasteiger partial charge in [0, 0.05) is 36.6 Å². The number of rotatable bonds is 6. The summed E-state index contributed by atoms with van der Waals surface area (Å²) in [5.74, 6) is -0.521. The average molecular weight is 487 g/mol. The Kier molecular flexibility index (Phi) is 6.25. The van der Waals surface area contributed by atoms with Gasteiger partial charge in [0.1, 0.15) is 18.4 Å². The Morgan fingerprint density at radius 2 is 2.00 bits per heavy atom. The summed E-state index contributed by atoms with van der Waals surface area (Å²) in [5, 5.41) is 8.16. The zero-order chi connectivity index (χ0) is 23.9. The van der Waals surface area contributed by atoms with E-state index < -0.39 is 13.0 Å². The van der Waals surface area contributed by atoms with Crippen LogP contribution in [0.25, 0.3) is 22.3 Å². The number of aryl methyl sites for hydroxylation is 2. The maximum absolute atomic E-state index is 15.1. The number of pyridine rings is 3. The molecule has 0 saturated heterocycles. The van der Waals surface area contributed by atoms with Gasteiger partial charge in [-0.15, -0.1) is 0 Å². The first-order valence-electron chi connectivity index (χ1n) is 10.5. The van der Waals surface area contributed by atoms with Crippen molar-refractivity contribution < 1.29 is 8.96 Å². The number of fused-ring (bicyclic) bond motifs is 1. The van der Waals surface area contributed by atoms with E-state index in [0.29, 0.717) is 38.4 Å². The minimum Gasteiger partial charge on any atom is -0.375 e. The third kappa shape index (κ3) is 4.63. The highest BCUT2D eigenvalue weighted by atomic mass is 35.5. The summed E-state index contributed by atoms with van der Waals surface area (Å²) in [6, 6.07) is 4.62. The predicted molar refractivity (Wildman–Crippen MR) is 131 cm³/mol. The number of hydrogen-bond acceptors (Lipinski definition) is 6. The molecule has 0 amide bonds. The molecule has 1 unspecified atom stereocenters. The summed E-state index contributed by atoms with van der Waals surface area (Å²) < 4.78 is 29.1. The third-order valence-corrected chi connectivity index (χ3v) is 7.28. The van der Waals surface area contributed by atoms with Crippen molar-refractivity contribution in [2.24, 2.45) is 7.05 Å². The highest BCUT2D eigenvalue weighted by Crippen LogP contribution is 2.37. The summed E-state index contributed by atoms with van der Waals surface area (Å²) in [6.45, 7) is 7.12. The predicted octanol–water partition coefficient (Wildman–Crippen LogP) is 5.34. The fraction of sp³-hybridized carbons (Fsp3) is 0.304. The second-order valence-corrected chi connectivity index (χ2v) is 11.9. The summed E-state index contributed by atoms with van der Waals surface area (Å²) >= 11 is 6.65. The van der Waals surface area contributed by atoms with Gasteiger partial charge in [0.25, 0.3) is 0 Å². The van der Waals surface area contributed by atoms with Gasteiger partial charge in [-0.3, -0.25) is 9.67 Å². The molecule has 4 rings (SSSR count). The van der Waals surface area contributed by atoms with E-state index >= 15 is 4.39 Å². The number of nitrogens with one attached hydrogen (secondary N) is 1. The van der Waals surface area contributed by atoms with Gasteiger partial charge in [-0.1, -0.05) is 18.5 Å². The van der Waals surface area contributed by atoms with Crippen LogP contribution >= 0.6 is 18.7 Å². The van der Waals surface area contributed by atoms with Gasteiger partial charge in [-0.2, -0.15) is 5.10 Å². The topological polar surface area (TPSA) is 85.6 Å². The van der Waals surface area contributed by atoms with E-state index in [9.17, 15) is 4.57 Å². The largest absolute Gasteiger partial charge is 0.375 e. The van der Waals surface area contributed by atoms with Crippen LogP contribution in [0.4, 0.5) is 10.1 Å². The van der Waals surface area contributed by atoms with Crippen molar-refractivity contribution in [1.29, 1.82) is 0 Å². The molecule has 0 radical (unpaired) electrons. The van der Waals surface area contributed by atoms with Crippen molar-refractivity contribution in [1.82, 2.24) is 24.7 Å². The molecule has 0 aromatic carbocycles. The second-order valence-electron chi connectivity index (χ2n) is 8.38. The molecule has 0 aliphatic rings. The number of anilines is 1. The molecule has 0 saturated carbocycles. The maximum atomic E-state index is 15.1. The minimum atomic E-state index is -2.52. The van der Waals surface area contributed by atoms with Crippen LogP contribution in [0.3, 0.4) is 0 Å².